The molecule has 2 amide bonds. The third kappa shape index (κ3) is 12.3. The quantitative estimate of drug-likeness (QED) is 0.0676. The number of carbonyl (C=O) groups excluding carboxylic acids is 2. The molecule has 0 saturated carbocycles. The minimum absolute atomic E-state index is 0.223. The fraction of sp³-hybridized carbons (Fsp3) is 0.227. The molecule has 0 saturated heterocycles. The third-order valence-electron chi connectivity index (χ3n) is 9.46. The number of carboxylic acids is 2. The number of hydrogen-bond donors (Lipinski definition) is 8. The number of carbonyl (C=O) groups is 4. The van der Waals surface area contributed by atoms with E-state index in [9.17, 15) is 49.2 Å². The summed E-state index contributed by atoms with van der Waals surface area (Å²) < 4.78 is 9.58. The molecular weight excluding hydrogens is 776 g/mol. The lowest BCUT2D eigenvalue weighted by molar-refractivity contribution is -0.158. The second kappa shape index (κ2) is 19.4. The summed E-state index contributed by atoms with van der Waals surface area (Å²) in [4.78, 5) is 69.8. The van der Waals surface area contributed by atoms with E-state index in [1.54, 1.807) is 0 Å². The van der Waals surface area contributed by atoms with Gasteiger partial charge in [-0.05, 0) is 60.1 Å². The first kappa shape index (κ1) is 43.8. The van der Waals surface area contributed by atoms with E-state index in [1.807, 2.05) is 120 Å². The van der Waals surface area contributed by atoms with Crippen molar-refractivity contribution in [2.24, 2.45) is 0 Å². The second-order valence-corrected chi connectivity index (χ2v) is 14.6. The van der Waals surface area contributed by atoms with Crippen LogP contribution in [0.15, 0.2) is 140 Å². The van der Waals surface area contributed by atoms with Crippen molar-refractivity contribution in [3.05, 3.63) is 165 Å². The molecule has 0 radical (unpaired) electrons. The van der Waals surface area contributed by atoms with Crippen molar-refractivity contribution in [1.29, 1.82) is 0 Å². The normalized spacial score (nSPS) is 13.9. The second-order valence-electron chi connectivity index (χ2n) is 14.6. The summed E-state index contributed by atoms with van der Waals surface area (Å²) in [6, 6.07) is 35.5. The van der Waals surface area contributed by atoms with Crippen LogP contribution in [0, 0.1) is 0 Å². The maximum absolute atomic E-state index is 12.4. The van der Waals surface area contributed by atoms with E-state index in [0.29, 0.717) is 0 Å². The summed E-state index contributed by atoms with van der Waals surface area (Å²) in [5.74, 6) is -4.59. The van der Waals surface area contributed by atoms with Crippen LogP contribution in [-0.2, 0) is 22.4 Å². The van der Waals surface area contributed by atoms with Crippen molar-refractivity contribution in [2.75, 3.05) is 0 Å². The van der Waals surface area contributed by atoms with E-state index in [0.717, 1.165) is 45.5 Å². The highest BCUT2D eigenvalue weighted by Crippen LogP contribution is 2.23. The van der Waals surface area contributed by atoms with Crippen LogP contribution in [0.4, 0.5) is 0 Å². The van der Waals surface area contributed by atoms with Crippen LogP contribution in [0.1, 0.15) is 58.9 Å². The van der Waals surface area contributed by atoms with Gasteiger partial charge < -0.3 is 40.1 Å². The molecule has 6 rings (SSSR count). The number of aliphatic hydroxyl groups is 2. The number of aromatic amines is 2. The van der Waals surface area contributed by atoms with Gasteiger partial charge in [0, 0.05) is 24.9 Å². The number of carboxylic acid groups (broad SMARTS) is 2. The lowest BCUT2D eigenvalue weighted by atomic mass is 9.92. The Morgan fingerprint density at radius 1 is 0.550 bits per heavy atom. The Morgan fingerprint density at radius 3 is 1.15 bits per heavy atom. The first-order valence-electron chi connectivity index (χ1n) is 18.7. The number of amides is 2. The Kier molecular flexibility index (Phi) is 14.2. The molecule has 2 heterocycles. The number of H-pyrrole nitrogens is 2. The maximum Gasteiger partial charge on any atom is 0.335 e. The average molecular weight is 821 g/mol. The number of hydrogen-bond acceptors (Lipinski definition) is 10. The van der Waals surface area contributed by atoms with Crippen LogP contribution in [0.2, 0.25) is 0 Å². The lowest BCUT2D eigenvalue weighted by Crippen LogP contribution is -2.46. The summed E-state index contributed by atoms with van der Waals surface area (Å²) in [6.07, 6.45) is 0.0874. The predicted octanol–water partition coefficient (Wildman–Crippen LogP) is 4.40. The first-order chi connectivity index (χ1) is 28.5. The van der Waals surface area contributed by atoms with Gasteiger partial charge in [0.15, 0.2) is 11.2 Å². The largest absolute Gasteiger partial charge is 0.479 e. The zero-order valence-electron chi connectivity index (χ0n) is 32.6. The minimum atomic E-state index is -2.04. The first-order valence-corrected chi connectivity index (χ1v) is 18.7. The average Bonchev–Trinajstić information content (AvgIpc) is 3.87. The van der Waals surface area contributed by atoms with Crippen molar-refractivity contribution >= 4 is 23.8 Å². The van der Waals surface area contributed by atoms with E-state index >= 15 is 0 Å². The number of nitrogens with one attached hydrogen (secondary N) is 4. The van der Waals surface area contributed by atoms with Gasteiger partial charge >= 0.3 is 11.9 Å². The van der Waals surface area contributed by atoms with Gasteiger partial charge in [0.05, 0.1) is 12.1 Å². The zero-order valence-corrected chi connectivity index (χ0v) is 32.6. The lowest BCUT2D eigenvalue weighted by Gasteiger charge is -2.25. The highest BCUT2D eigenvalue weighted by molar-refractivity contribution is 5.92. The monoisotopic (exact) mass is 820 g/mol. The molecule has 0 fully saturated rings. The van der Waals surface area contributed by atoms with Crippen LogP contribution < -0.4 is 21.8 Å². The minimum Gasteiger partial charge on any atom is -0.479 e. The van der Waals surface area contributed by atoms with Gasteiger partial charge in [-0.15, -0.1) is 0 Å². The number of rotatable bonds is 16. The smallest absolute Gasteiger partial charge is 0.335 e. The Balaban J connectivity index is 0.000000228. The molecule has 4 atom stereocenters. The molecule has 0 aliphatic carbocycles. The molecular formula is C44H44N4O12. The van der Waals surface area contributed by atoms with Crippen LogP contribution in [-0.4, -0.2) is 77.8 Å². The Labute approximate surface area is 342 Å². The summed E-state index contributed by atoms with van der Waals surface area (Å²) in [6.45, 7) is 2.34. The fourth-order valence-corrected chi connectivity index (χ4v) is 6.28. The molecule has 60 heavy (non-hydrogen) atoms. The van der Waals surface area contributed by atoms with Crippen LogP contribution in [0.3, 0.4) is 0 Å². The van der Waals surface area contributed by atoms with E-state index < -0.39 is 58.2 Å². The molecule has 6 aromatic rings. The molecule has 0 aliphatic heterocycles. The number of aromatic nitrogens is 2. The predicted molar refractivity (Wildman–Crippen MR) is 218 cm³/mol. The summed E-state index contributed by atoms with van der Waals surface area (Å²) in [5, 5.41) is 48.2. The molecule has 8 N–H and O–H groups in total. The topological polar surface area (TPSA) is 265 Å². The molecule has 2 aromatic heterocycles. The van der Waals surface area contributed by atoms with E-state index in [1.165, 1.54) is 13.8 Å². The number of aliphatic carboxylic acids is 2. The highest BCUT2D eigenvalue weighted by Gasteiger charge is 2.35. The van der Waals surface area contributed by atoms with Crippen LogP contribution in [0.5, 0.6) is 0 Å². The Hall–Kier alpha value is -7.30. The van der Waals surface area contributed by atoms with Crippen LogP contribution >= 0.6 is 0 Å². The van der Waals surface area contributed by atoms with Gasteiger partial charge in [-0.2, -0.15) is 10.3 Å². The van der Waals surface area contributed by atoms with Crippen LogP contribution in [0.25, 0.3) is 22.3 Å². The SMILES string of the molecule is C[C@@](O)(CC(Cc1ccc(-c2ccccc2)cc1)NC(=O)c1cc(=O)[nH]o1)C(=O)O.C[C@@](O)(CC(Cc1ccc(-c2ccccc2)cc1)NC(=O)c1cc(=O)[nH]o1)C(=O)O. The van der Waals surface area contributed by atoms with Gasteiger partial charge in [-0.25, -0.2) is 9.59 Å². The van der Waals surface area contributed by atoms with Crippen molar-refractivity contribution in [3.63, 3.8) is 0 Å². The summed E-state index contributed by atoms with van der Waals surface area (Å²) in [5.41, 5.74) is 0.639. The van der Waals surface area contributed by atoms with Gasteiger partial charge in [0.1, 0.15) is 0 Å². The molecule has 0 aliphatic rings. The van der Waals surface area contributed by atoms with E-state index in [2.05, 4.69) is 10.6 Å². The third-order valence-corrected chi connectivity index (χ3v) is 9.46. The Bertz CT molecular complexity index is 2310. The summed E-state index contributed by atoms with van der Waals surface area (Å²) in [7, 11) is 0. The van der Waals surface area contributed by atoms with E-state index in [-0.39, 0.29) is 37.2 Å². The zero-order chi connectivity index (χ0) is 43.5. The van der Waals surface area contributed by atoms with Crippen molar-refractivity contribution in [3.8, 4) is 22.3 Å². The Morgan fingerprint density at radius 2 is 0.867 bits per heavy atom. The van der Waals surface area contributed by atoms with Crippen molar-refractivity contribution < 1.29 is 48.7 Å². The standard InChI is InChI=1S/2C22H22N2O6/c2*1-22(29,21(27)28)13-17(23-20(26)18-12-19(25)24-30-18)11-14-7-9-16(10-8-14)15-5-3-2-4-6-15/h2*2-10,12,17,29H,11,13H2,1H3,(H,23,26)(H,24,25)(H,27,28)/t2*17?,22-/m11/s1. The molecule has 2 unspecified atom stereocenters. The maximum atomic E-state index is 12.4. The molecule has 0 spiro atoms. The number of benzene rings is 4. The van der Waals surface area contributed by atoms with Crippen molar-refractivity contribution in [1.82, 2.24) is 20.9 Å². The van der Waals surface area contributed by atoms with Crippen molar-refractivity contribution in [2.45, 2.75) is 62.8 Å². The van der Waals surface area contributed by atoms with Gasteiger partial charge in [0.2, 0.25) is 11.5 Å². The van der Waals surface area contributed by atoms with Gasteiger partial charge in [-0.3, -0.25) is 19.2 Å². The molecule has 0 bridgehead atoms. The van der Waals surface area contributed by atoms with Gasteiger partial charge in [-0.1, -0.05) is 109 Å². The highest BCUT2D eigenvalue weighted by atomic mass is 16.5. The van der Waals surface area contributed by atoms with E-state index in [4.69, 9.17) is 9.05 Å². The molecule has 4 aromatic carbocycles. The fourth-order valence-electron chi connectivity index (χ4n) is 6.28. The molecule has 16 nitrogen and oxygen atoms in total. The van der Waals surface area contributed by atoms with Gasteiger partial charge in [0.25, 0.3) is 22.9 Å². The summed E-state index contributed by atoms with van der Waals surface area (Å²) >= 11 is 0. The molecule has 16 heteroatoms. The molecule has 312 valence electrons.